The van der Waals surface area contributed by atoms with Crippen molar-refractivity contribution >= 4 is 18.4 Å². The third-order valence-corrected chi connectivity index (χ3v) is 2.55. The van der Waals surface area contributed by atoms with Crippen LogP contribution in [0.4, 0.5) is 0 Å². The van der Waals surface area contributed by atoms with Gasteiger partial charge in [-0.2, -0.15) is 0 Å². The Morgan fingerprint density at radius 3 is 2.83 bits per heavy atom. The number of hydrogen-bond acceptors (Lipinski definition) is 3. The Labute approximate surface area is 78.3 Å². The summed E-state index contributed by atoms with van der Waals surface area (Å²) in [4.78, 5) is 11.2. The third kappa shape index (κ3) is 1.57. The van der Waals surface area contributed by atoms with E-state index in [4.69, 9.17) is 4.74 Å². The molecule has 0 radical (unpaired) electrons. The normalized spacial score (nSPS) is 36.6. The molecule has 1 aliphatic carbocycles. The Hall–Kier alpha value is -0.280. The number of halogens is 1. The first-order chi connectivity index (χ1) is 5.33. The van der Waals surface area contributed by atoms with Crippen molar-refractivity contribution in [2.75, 3.05) is 13.2 Å². The molecule has 0 bridgehead atoms. The number of hydrogen-bond donors (Lipinski definition) is 1. The number of carbonyl (C=O) groups excluding carboxylic acids is 1. The summed E-state index contributed by atoms with van der Waals surface area (Å²) in [5.41, 5.74) is 0. The molecule has 1 N–H and O–H groups in total. The maximum atomic E-state index is 11.2. The van der Waals surface area contributed by atoms with Gasteiger partial charge < -0.3 is 10.1 Å². The van der Waals surface area contributed by atoms with Crippen LogP contribution in [0.15, 0.2) is 0 Å². The minimum atomic E-state index is -0.0579. The Morgan fingerprint density at radius 1 is 1.67 bits per heavy atom. The summed E-state index contributed by atoms with van der Waals surface area (Å²) in [7, 11) is 0. The van der Waals surface area contributed by atoms with E-state index < -0.39 is 0 Å². The Morgan fingerprint density at radius 2 is 2.42 bits per heavy atom. The number of carbonyl (C=O) groups is 1. The van der Waals surface area contributed by atoms with E-state index in [1.807, 2.05) is 6.92 Å². The van der Waals surface area contributed by atoms with Gasteiger partial charge in [-0.3, -0.25) is 4.79 Å². The van der Waals surface area contributed by atoms with Crippen molar-refractivity contribution in [2.45, 2.75) is 19.4 Å². The second-order valence-electron chi connectivity index (χ2n) is 3.30. The highest BCUT2D eigenvalue weighted by Crippen LogP contribution is 2.45. The van der Waals surface area contributed by atoms with Crippen LogP contribution in [0.2, 0.25) is 0 Å². The zero-order chi connectivity index (χ0) is 7.84. The highest BCUT2D eigenvalue weighted by Gasteiger charge is 2.51. The van der Waals surface area contributed by atoms with Crippen molar-refractivity contribution in [3.8, 4) is 0 Å². The molecule has 0 spiro atoms. The summed E-state index contributed by atoms with van der Waals surface area (Å²) in [5.74, 6) is 1.30. The fourth-order valence-corrected chi connectivity index (χ4v) is 1.83. The van der Waals surface area contributed by atoms with Crippen LogP contribution in [0.3, 0.4) is 0 Å². The van der Waals surface area contributed by atoms with Crippen LogP contribution in [0.25, 0.3) is 0 Å². The smallest absolute Gasteiger partial charge is 0.323 e. The molecule has 2 aliphatic rings. The lowest BCUT2D eigenvalue weighted by atomic mass is 10.2. The second-order valence-corrected chi connectivity index (χ2v) is 3.30. The molecule has 0 aromatic rings. The molecule has 1 heterocycles. The zero-order valence-corrected chi connectivity index (χ0v) is 7.89. The van der Waals surface area contributed by atoms with E-state index in [2.05, 4.69) is 5.32 Å². The molecule has 0 amide bonds. The van der Waals surface area contributed by atoms with Crippen molar-refractivity contribution < 1.29 is 9.53 Å². The molecule has 12 heavy (non-hydrogen) atoms. The number of rotatable bonds is 2. The predicted octanol–water partition coefficient (Wildman–Crippen LogP) is 0.579. The van der Waals surface area contributed by atoms with Crippen molar-refractivity contribution in [2.24, 2.45) is 11.8 Å². The summed E-state index contributed by atoms with van der Waals surface area (Å²) in [5, 5.41) is 3.17. The van der Waals surface area contributed by atoms with Gasteiger partial charge in [-0.15, -0.1) is 12.4 Å². The van der Waals surface area contributed by atoms with Crippen molar-refractivity contribution in [1.82, 2.24) is 5.32 Å². The van der Waals surface area contributed by atoms with Crippen LogP contribution in [-0.2, 0) is 9.53 Å². The molecule has 1 saturated carbocycles. The quantitative estimate of drug-likeness (QED) is 0.649. The van der Waals surface area contributed by atoms with E-state index in [1.165, 1.54) is 6.42 Å². The molecule has 4 heteroatoms. The van der Waals surface area contributed by atoms with Gasteiger partial charge in [0.15, 0.2) is 0 Å². The first kappa shape index (κ1) is 9.81. The van der Waals surface area contributed by atoms with Crippen LogP contribution in [0.1, 0.15) is 13.3 Å². The SMILES string of the molecule is CCOC(=O)C1NCC2CC21.Cl. The third-order valence-electron chi connectivity index (χ3n) is 2.55. The molecule has 70 valence electrons. The fraction of sp³-hybridized carbons (Fsp3) is 0.875. The second kappa shape index (κ2) is 3.62. The van der Waals surface area contributed by atoms with E-state index >= 15 is 0 Å². The summed E-state index contributed by atoms with van der Waals surface area (Å²) < 4.78 is 4.92. The van der Waals surface area contributed by atoms with E-state index in [1.54, 1.807) is 0 Å². The van der Waals surface area contributed by atoms with Crippen LogP contribution < -0.4 is 5.32 Å². The average Bonchev–Trinajstić information content (AvgIpc) is 2.63. The summed E-state index contributed by atoms with van der Waals surface area (Å²) in [6.07, 6.45) is 1.22. The average molecular weight is 192 g/mol. The molecule has 0 aromatic carbocycles. The van der Waals surface area contributed by atoms with Gasteiger partial charge >= 0.3 is 5.97 Å². The van der Waals surface area contributed by atoms with Gasteiger partial charge in [0, 0.05) is 0 Å². The van der Waals surface area contributed by atoms with E-state index in [0.717, 1.165) is 12.5 Å². The monoisotopic (exact) mass is 191 g/mol. The highest BCUT2D eigenvalue weighted by molar-refractivity contribution is 5.85. The highest BCUT2D eigenvalue weighted by atomic mass is 35.5. The summed E-state index contributed by atoms with van der Waals surface area (Å²) >= 11 is 0. The molecule has 3 atom stereocenters. The summed E-state index contributed by atoms with van der Waals surface area (Å²) in [6, 6.07) is 0.0138. The summed E-state index contributed by atoms with van der Waals surface area (Å²) in [6.45, 7) is 3.35. The lowest BCUT2D eigenvalue weighted by Crippen LogP contribution is -2.36. The Balaban J connectivity index is 0.000000720. The molecule has 1 aliphatic heterocycles. The Kier molecular flexibility index (Phi) is 2.96. The number of fused-ring (bicyclic) bond motifs is 1. The van der Waals surface area contributed by atoms with Crippen LogP contribution >= 0.6 is 12.4 Å². The van der Waals surface area contributed by atoms with E-state index in [9.17, 15) is 4.79 Å². The van der Waals surface area contributed by atoms with Crippen LogP contribution in [-0.4, -0.2) is 25.2 Å². The maximum Gasteiger partial charge on any atom is 0.323 e. The molecule has 3 unspecified atom stereocenters. The van der Waals surface area contributed by atoms with Gasteiger partial charge in [-0.1, -0.05) is 0 Å². The number of esters is 1. The van der Waals surface area contributed by atoms with Gasteiger partial charge in [-0.25, -0.2) is 0 Å². The topological polar surface area (TPSA) is 38.3 Å². The maximum absolute atomic E-state index is 11.2. The van der Waals surface area contributed by atoms with Crippen molar-refractivity contribution in [3.05, 3.63) is 0 Å². The lowest BCUT2D eigenvalue weighted by Gasteiger charge is -2.10. The van der Waals surface area contributed by atoms with E-state index in [-0.39, 0.29) is 24.4 Å². The molecule has 2 rings (SSSR count). The fourth-order valence-electron chi connectivity index (χ4n) is 1.83. The van der Waals surface area contributed by atoms with Crippen LogP contribution in [0.5, 0.6) is 0 Å². The largest absolute Gasteiger partial charge is 0.465 e. The minimum Gasteiger partial charge on any atom is -0.465 e. The molecular formula is C8H14ClNO2. The van der Waals surface area contributed by atoms with Crippen LogP contribution in [0, 0.1) is 11.8 Å². The first-order valence-electron chi connectivity index (χ1n) is 4.23. The zero-order valence-electron chi connectivity index (χ0n) is 7.08. The van der Waals surface area contributed by atoms with E-state index in [0.29, 0.717) is 12.5 Å². The minimum absolute atomic E-state index is 0. The molecule has 3 nitrogen and oxygen atoms in total. The van der Waals surface area contributed by atoms with Gasteiger partial charge in [0.2, 0.25) is 0 Å². The molecule has 2 fully saturated rings. The van der Waals surface area contributed by atoms with Gasteiger partial charge in [0.25, 0.3) is 0 Å². The van der Waals surface area contributed by atoms with Gasteiger partial charge in [0.05, 0.1) is 6.61 Å². The predicted molar refractivity (Wildman–Crippen MR) is 47.3 cm³/mol. The lowest BCUT2D eigenvalue weighted by molar-refractivity contribution is -0.145. The molecule has 0 aromatic heterocycles. The first-order valence-corrected chi connectivity index (χ1v) is 4.23. The number of piperidine rings is 1. The van der Waals surface area contributed by atoms with Crippen molar-refractivity contribution in [3.63, 3.8) is 0 Å². The van der Waals surface area contributed by atoms with Gasteiger partial charge in [0.1, 0.15) is 6.04 Å². The number of ether oxygens (including phenoxy) is 1. The molecule has 1 saturated heterocycles. The Bertz CT molecular complexity index is 186. The molecular weight excluding hydrogens is 178 g/mol. The standard InChI is InChI=1S/C8H13NO2.ClH/c1-2-11-8(10)7-6-3-5(6)4-9-7;/h5-7,9H,2-4H2,1H3;1H. The van der Waals surface area contributed by atoms with Crippen molar-refractivity contribution in [1.29, 1.82) is 0 Å². The number of nitrogens with one attached hydrogen (secondary N) is 1. The van der Waals surface area contributed by atoms with Gasteiger partial charge in [-0.05, 0) is 31.7 Å².